The van der Waals surface area contributed by atoms with Gasteiger partial charge in [0.2, 0.25) is 0 Å². The Morgan fingerprint density at radius 3 is 2.96 bits per heavy atom. The minimum Gasteiger partial charge on any atom is -0.379 e. The van der Waals surface area contributed by atoms with Crippen LogP contribution in [0, 0.1) is 6.92 Å². The molecule has 1 fully saturated rings. The van der Waals surface area contributed by atoms with Gasteiger partial charge in [-0.15, -0.1) is 35.3 Å². The molecule has 0 aliphatic carbocycles. The van der Waals surface area contributed by atoms with Crippen LogP contribution in [0.5, 0.6) is 0 Å². The molecular formula is C16H28IN3O2S. The predicted octanol–water partition coefficient (Wildman–Crippen LogP) is 2.93. The standard InChI is InChI=1S/C16H27N3O2S.HI/c1-13-6-7-15(22-13)11-19-16(17-2)18-8-4-9-20-12-14-5-3-10-21-14;/h6-7,14H,3-5,8-12H2,1-2H3,(H2,17,18,19);1H. The maximum atomic E-state index is 5.64. The van der Waals surface area contributed by atoms with Gasteiger partial charge >= 0.3 is 0 Å². The summed E-state index contributed by atoms with van der Waals surface area (Å²) >= 11 is 1.81. The van der Waals surface area contributed by atoms with Gasteiger partial charge in [0, 0.05) is 36.6 Å². The van der Waals surface area contributed by atoms with E-state index in [1.54, 1.807) is 7.05 Å². The number of halogens is 1. The lowest BCUT2D eigenvalue weighted by Gasteiger charge is -2.12. The van der Waals surface area contributed by atoms with E-state index in [0.717, 1.165) is 51.7 Å². The van der Waals surface area contributed by atoms with Crippen LogP contribution in [-0.4, -0.2) is 45.5 Å². The Bertz CT molecular complexity index is 462. The number of rotatable bonds is 8. The van der Waals surface area contributed by atoms with E-state index in [1.807, 2.05) is 11.3 Å². The fourth-order valence-electron chi connectivity index (χ4n) is 2.34. The number of nitrogens with zero attached hydrogens (tertiary/aromatic N) is 1. The third-order valence-electron chi connectivity index (χ3n) is 3.54. The van der Waals surface area contributed by atoms with Crippen LogP contribution in [0.3, 0.4) is 0 Å². The van der Waals surface area contributed by atoms with Crippen molar-refractivity contribution in [2.24, 2.45) is 4.99 Å². The molecule has 0 amide bonds. The molecule has 2 rings (SSSR count). The van der Waals surface area contributed by atoms with Crippen LogP contribution < -0.4 is 10.6 Å². The number of hydrogen-bond donors (Lipinski definition) is 2. The molecule has 23 heavy (non-hydrogen) atoms. The molecule has 1 unspecified atom stereocenters. The third-order valence-corrected chi connectivity index (χ3v) is 4.54. The molecule has 1 aromatic heterocycles. The highest BCUT2D eigenvalue weighted by atomic mass is 127. The fraction of sp³-hybridized carbons (Fsp3) is 0.688. The number of aryl methyl sites for hydroxylation is 1. The first-order chi connectivity index (χ1) is 10.8. The highest BCUT2D eigenvalue weighted by Crippen LogP contribution is 2.14. The Labute approximate surface area is 160 Å². The fourth-order valence-corrected chi connectivity index (χ4v) is 3.17. The second-order valence-corrected chi connectivity index (χ2v) is 6.80. The largest absolute Gasteiger partial charge is 0.379 e. The summed E-state index contributed by atoms with van der Waals surface area (Å²) in [6.07, 6.45) is 3.58. The SMILES string of the molecule is CN=C(NCCCOCC1CCCO1)NCc1ccc(C)s1.I. The van der Waals surface area contributed by atoms with Crippen molar-refractivity contribution in [3.8, 4) is 0 Å². The van der Waals surface area contributed by atoms with Gasteiger partial charge in [0.25, 0.3) is 0 Å². The average molecular weight is 453 g/mol. The van der Waals surface area contributed by atoms with Gasteiger partial charge in [-0.3, -0.25) is 4.99 Å². The summed E-state index contributed by atoms with van der Waals surface area (Å²) in [6.45, 7) is 6.17. The molecule has 2 heterocycles. The highest BCUT2D eigenvalue weighted by Gasteiger charge is 2.14. The summed E-state index contributed by atoms with van der Waals surface area (Å²) in [4.78, 5) is 6.88. The zero-order chi connectivity index (χ0) is 15.6. The van der Waals surface area contributed by atoms with Gasteiger partial charge in [0.15, 0.2) is 5.96 Å². The third kappa shape index (κ3) is 8.32. The van der Waals surface area contributed by atoms with Crippen molar-refractivity contribution < 1.29 is 9.47 Å². The number of thiophene rings is 1. The second-order valence-electron chi connectivity index (χ2n) is 5.43. The van der Waals surface area contributed by atoms with E-state index in [2.05, 4.69) is 34.7 Å². The van der Waals surface area contributed by atoms with Gasteiger partial charge in [-0.2, -0.15) is 0 Å². The van der Waals surface area contributed by atoms with Gasteiger partial charge in [-0.1, -0.05) is 0 Å². The van der Waals surface area contributed by atoms with Crippen LogP contribution in [-0.2, 0) is 16.0 Å². The molecule has 1 aliphatic heterocycles. The number of hydrogen-bond acceptors (Lipinski definition) is 4. The van der Waals surface area contributed by atoms with E-state index >= 15 is 0 Å². The van der Waals surface area contributed by atoms with E-state index in [-0.39, 0.29) is 24.0 Å². The first-order valence-electron chi connectivity index (χ1n) is 7.97. The molecule has 132 valence electrons. The molecule has 0 spiro atoms. The molecule has 2 N–H and O–H groups in total. The molecule has 0 aromatic carbocycles. The molecule has 0 saturated carbocycles. The zero-order valence-electron chi connectivity index (χ0n) is 14.0. The molecule has 1 atom stereocenters. The first kappa shape index (κ1) is 20.7. The Morgan fingerprint density at radius 1 is 1.43 bits per heavy atom. The summed E-state index contributed by atoms with van der Waals surface area (Å²) in [5.74, 6) is 0.838. The summed E-state index contributed by atoms with van der Waals surface area (Å²) in [5.41, 5.74) is 0. The van der Waals surface area contributed by atoms with E-state index in [1.165, 1.54) is 16.2 Å². The Hall–Kier alpha value is -0.380. The zero-order valence-corrected chi connectivity index (χ0v) is 17.1. The number of ether oxygens (including phenoxy) is 2. The maximum Gasteiger partial charge on any atom is 0.191 e. The van der Waals surface area contributed by atoms with E-state index in [9.17, 15) is 0 Å². The summed E-state index contributed by atoms with van der Waals surface area (Å²) in [5, 5.41) is 6.63. The van der Waals surface area contributed by atoms with Gasteiger partial charge < -0.3 is 20.1 Å². The molecule has 1 aromatic rings. The number of nitrogens with one attached hydrogen (secondary N) is 2. The van der Waals surface area contributed by atoms with Gasteiger partial charge in [-0.25, -0.2) is 0 Å². The number of aliphatic imine (C=N–C) groups is 1. The first-order valence-corrected chi connectivity index (χ1v) is 8.79. The lowest BCUT2D eigenvalue weighted by molar-refractivity contribution is 0.0168. The summed E-state index contributed by atoms with van der Waals surface area (Å²) < 4.78 is 11.2. The second kappa shape index (κ2) is 12.0. The van der Waals surface area contributed by atoms with Crippen molar-refractivity contribution in [2.45, 2.75) is 38.8 Å². The molecule has 1 aliphatic rings. The van der Waals surface area contributed by atoms with Crippen molar-refractivity contribution in [1.29, 1.82) is 0 Å². The monoisotopic (exact) mass is 453 g/mol. The quantitative estimate of drug-likeness (QED) is 0.275. The molecule has 1 saturated heterocycles. The Kier molecular flexibility index (Phi) is 10.8. The molecular weight excluding hydrogens is 425 g/mol. The van der Waals surface area contributed by atoms with E-state index in [4.69, 9.17) is 9.47 Å². The van der Waals surface area contributed by atoms with Crippen molar-refractivity contribution in [2.75, 3.05) is 33.4 Å². The van der Waals surface area contributed by atoms with Crippen LogP contribution in [0.1, 0.15) is 29.0 Å². The highest BCUT2D eigenvalue weighted by molar-refractivity contribution is 14.0. The lowest BCUT2D eigenvalue weighted by Crippen LogP contribution is -2.37. The average Bonchev–Trinajstić information content (AvgIpc) is 3.17. The summed E-state index contributed by atoms with van der Waals surface area (Å²) in [6, 6.07) is 4.29. The topological polar surface area (TPSA) is 54.9 Å². The van der Waals surface area contributed by atoms with E-state index in [0.29, 0.717) is 6.10 Å². The van der Waals surface area contributed by atoms with Crippen molar-refractivity contribution in [3.05, 3.63) is 21.9 Å². The van der Waals surface area contributed by atoms with Crippen LogP contribution >= 0.6 is 35.3 Å². The predicted molar refractivity (Wildman–Crippen MR) is 107 cm³/mol. The maximum absolute atomic E-state index is 5.64. The lowest BCUT2D eigenvalue weighted by atomic mass is 10.2. The molecule has 0 bridgehead atoms. The van der Waals surface area contributed by atoms with Gasteiger partial charge in [-0.05, 0) is 38.3 Å². The minimum absolute atomic E-state index is 0. The normalized spacial score (nSPS) is 17.8. The molecule has 5 nitrogen and oxygen atoms in total. The van der Waals surface area contributed by atoms with Crippen LogP contribution in [0.15, 0.2) is 17.1 Å². The molecule has 0 radical (unpaired) electrons. The number of guanidine groups is 1. The van der Waals surface area contributed by atoms with Crippen molar-refractivity contribution in [1.82, 2.24) is 10.6 Å². The van der Waals surface area contributed by atoms with Gasteiger partial charge in [0.1, 0.15) is 0 Å². The van der Waals surface area contributed by atoms with Crippen molar-refractivity contribution in [3.63, 3.8) is 0 Å². The van der Waals surface area contributed by atoms with Gasteiger partial charge in [0.05, 0.1) is 19.3 Å². The Balaban J connectivity index is 0.00000264. The Morgan fingerprint density at radius 2 is 2.30 bits per heavy atom. The van der Waals surface area contributed by atoms with Crippen LogP contribution in [0.2, 0.25) is 0 Å². The smallest absolute Gasteiger partial charge is 0.191 e. The summed E-state index contributed by atoms with van der Waals surface area (Å²) in [7, 11) is 1.79. The minimum atomic E-state index is 0. The van der Waals surface area contributed by atoms with Crippen LogP contribution in [0.25, 0.3) is 0 Å². The van der Waals surface area contributed by atoms with Crippen LogP contribution in [0.4, 0.5) is 0 Å². The molecule has 7 heteroatoms. The van der Waals surface area contributed by atoms with E-state index < -0.39 is 0 Å². The van der Waals surface area contributed by atoms with Crippen molar-refractivity contribution >= 4 is 41.3 Å².